The third-order valence-electron chi connectivity index (χ3n) is 5.82. The first-order valence-electron chi connectivity index (χ1n) is 10.7. The van der Waals surface area contributed by atoms with E-state index in [0.29, 0.717) is 31.9 Å². The number of nitrogens with one attached hydrogen (secondary N) is 2. The first-order chi connectivity index (χ1) is 16.0. The fraction of sp³-hybridized carbons (Fsp3) is 0.240. The molecule has 4 rings (SSSR count). The second-order valence-electron chi connectivity index (χ2n) is 8.00. The van der Waals surface area contributed by atoms with Gasteiger partial charge in [-0.3, -0.25) is 4.90 Å². The van der Waals surface area contributed by atoms with Crippen LogP contribution in [0.2, 0.25) is 0 Å². The van der Waals surface area contributed by atoms with Gasteiger partial charge in [-0.15, -0.1) is 0 Å². The number of nitriles is 1. The van der Waals surface area contributed by atoms with Gasteiger partial charge in [0, 0.05) is 68.0 Å². The third-order valence-corrected chi connectivity index (χ3v) is 5.82. The molecular weight excluding hydrogens is 422 g/mol. The van der Waals surface area contributed by atoms with Crippen LogP contribution < -0.4 is 10.2 Å². The van der Waals surface area contributed by atoms with Gasteiger partial charge in [0.05, 0.1) is 11.3 Å². The van der Waals surface area contributed by atoms with E-state index in [9.17, 15) is 14.0 Å². The molecule has 0 amide bonds. The number of pyridine rings is 1. The van der Waals surface area contributed by atoms with E-state index in [-0.39, 0.29) is 17.7 Å². The molecule has 1 fully saturated rings. The van der Waals surface area contributed by atoms with Gasteiger partial charge < -0.3 is 15.6 Å². The SMILES string of the molecule is CC1=CN/C(=C(/C#N)C=N)C(c2ccc(N3CCN(Cc4c(F)cccc4F)CC3)nc2)=C1. The lowest BCUT2D eigenvalue weighted by atomic mass is 9.96. The Morgan fingerprint density at radius 3 is 2.52 bits per heavy atom. The first-order valence-corrected chi connectivity index (χ1v) is 10.7. The van der Waals surface area contributed by atoms with Crippen molar-refractivity contribution in [3.63, 3.8) is 0 Å². The summed E-state index contributed by atoms with van der Waals surface area (Å²) in [5.74, 6) is -0.199. The lowest BCUT2D eigenvalue weighted by Crippen LogP contribution is -2.46. The highest BCUT2D eigenvalue weighted by atomic mass is 19.1. The monoisotopic (exact) mass is 446 g/mol. The van der Waals surface area contributed by atoms with E-state index < -0.39 is 11.6 Å². The summed E-state index contributed by atoms with van der Waals surface area (Å²) in [5, 5.41) is 20.0. The number of benzene rings is 1. The van der Waals surface area contributed by atoms with Crippen molar-refractivity contribution in [2.24, 2.45) is 0 Å². The van der Waals surface area contributed by atoms with Crippen molar-refractivity contribution in [3.8, 4) is 6.07 Å². The first kappa shape index (κ1) is 22.4. The van der Waals surface area contributed by atoms with Gasteiger partial charge >= 0.3 is 0 Å². The van der Waals surface area contributed by atoms with Gasteiger partial charge in [0.1, 0.15) is 23.5 Å². The lowest BCUT2D eigenvalue weighted by molar-refractivity contribution is 0.242. The summed E-state index contributed by atoms with van der Waals surface area (Å²) < 4.78 is 27.9. The summed E-state index contributed by atoms with van der Waals surface area (Å²) in [6.07, 6.45) is 6.57. The number of hydrogen-bond acceptors (Lipinski definition) is 6. The van der Waals surface area contributed by atoms with E-state index in [1.54, 1.807) is 12.4 Å². The summed E-state index contributed by atoms with van der Waals surface area (Å²) in [4.78, 5) is 8.81. The zero-order valence-corrected chi connectivity index (χ0v) is 18.3. The topological polar surface area (TPSA) is 79.0 Å². The summed E-state index contributed by atoms with van der Waals surface area (Å²) >= 11 is 0. The second-order valence-corrected chi connectivity index (χ2v) is 8.00. The fourth-order valence-electron chi connectivity index (χ4n) is 3.99. The van der Waals surface area contributed by atoms with Gasteiger partial charge in [0.2, 0.25) is 0 Å². The van der Waals surface area contributed by atoms with Gasteiger partial charge in [-0.1, -0.05) is 6.07 Å². The number of hydrogen-bond donors (Lipinski definition) is 2. The van der Waals surface area contributed by atoms with Crippen LogP contribution >= 0.6 is 0 Å². The molecule has 6 nitrogen and oxygen atoms in total. The lowest BCUT2D eigenvalue weighted by Gasteiger charge is -2.35. The van der Waals surface area contributed by atoms with Crippen molar-refractivity contribution in [1.82, 2.24) is 15.2 Å². The Bertz CT molecular complexity index is 1160. The highest BCUT2D eigenvalue weighted by Crippen LogP contribution is 2.29. The molecule has 0 bridgehead atoms. The summed E-state index contributed by atoms with van der Waals surface area (Å²) in [5.41, 5.74) is 3.60. The maximum atomic E-state index is 14.0. The van der Waals surface area contributed by atoms with E-state index in [1.165, 1.54) is 18.2 Å². The Hall–Kier alpha value is -3.83. The Labute approximate surface area is 191 Å². The van der Waals surface area contributed by atoms with E-state index >= 15 is 0 Å². The molecule has 168 valence electrons. The highest BCUT2D eigenvalue weighted by molar-refractivity contribution is 5.93. The molecule has 3 heterocycles. The van der Waals surface area contributed by atoms with Crippen molar-refractivity contribution >= 4 is 17.6 Å². The zero-order chi connectivity index (χ0) is 23.4. The molecule has 0 atom stereocenters. The molecule has 2 aromatic rings. The molecule has 33 heavy (non-hydrogen) atoms. The van der Waals surface area contributed by atoms with Crippen LogP contribution in [0, 0.1) is 28.4 Å². The molecule has 1 aromatic carbocycles. The molecule has 1 saturated heterocycles. The maximum absolute atomic E-state index is 14.0. The van der Waals surface area contributed by atoms with Crippen molar-refractivity contribution in [2.45, 2.75) is 13.5 Å². The van der Waals surface area contributed by atoms with Crippen LogP contribution in [-0.4, -0.2) is 42.3 Å². The second kappa shape index (κ2) is 9.76. The van der Waals surface area contributed by atoms with Gasteiger partial charge in [-0.05, 0) is 42.8 Å². The number of aromatic nitrogens is 1. The zero-order valence-electron chi connectivity index (χ0n) is 18.3. The number of rotatable bonds is 5. The van der Waals surface area contributed by atoms with Crippen molar-refractivity contribution in [2.75, 3.05) is 31.1 Å². The Morgan fingerprint density at radius 2 is 1.91 bits per heavy atom. The third kappa shape index (κ3) is 4.83. The average molecular weight is 447 g/mol. The minimum Gasteiger partial charge on any atom is -0.360 e. The van der Waals surface area contributed by atoms with Crippen molar-refractivity contribution in [3.05, 3.63) is 88.4 Å². The highest BCUT2D eigenvalue weighted by Gasteiger charge is 2.21. The summed E-state index contributed by atoms with van der Waals surface area (Å²) in [7, 11) is 0. The number of allylic oxidation sites excluding steroid dienone is 4. The number of dihydropyridines is 1. The Morgan fingerprint density at radius 1 is 1.18 bits per heavy atom. The molecule has 0 radical (unpaired) electrons. The molecule has 0 unspecified atom stereocenters. The average Bonchev–Trinajstić information content (AvgIpc) is 2.84. The van der Waals surface area contributed by atoms with Crippen LogP contribution in [-0.2, 0) is 6.54 Å². The molecule has 2 aliphatic heterocycles. The van der Waals surface area contributed by atoms with E-state index in [0.717, 1.165) is 28.7 Å². The largest absolute Gasteiger partial charge is 0.360 e. The molecule has 0 saturated carbocycles. The minimum absolute atomic E-state index is 0.109. The van der Waals surface area contributed by atoms with Crippen molar-refractivity contribution in [1.29, 1.82) is 10.7 Å². The van der Waals surface area contributed by atoms with E-state index in [4.69, 9.17) is 5.41 Å². The van der Waals surface area contributed by atoms with Crippen LogP contribution in [0.15, 0.2) is 65.6 Å². The fourth-order valence-corrected chi connectivity index (χ4v) is 3.99. The number of nitrogens with zero attached hydrogens (tertiary/aromatic N) is 4. The molecule has 1 aromatic heterocycles. The number of piperazine rings is 1. The molecule has 2 aliphatic rings. The van der Waals surface area contributed by atoms with Crippen LogP contribution in [0.5, 0.6) is 0 Å². The summed E-state index contributed by atoms with van der Waals surface area (Å²) in [6.45, 7) is 4.95. The summed E-state index contributed by atoms with van der Waals surface area (Å²) in [6, 6.07) is 9.89. The molecule has 8 heteroatoms. The normalized spacial score (nSPS) is 18.1. The molecule has 0 aliphatic carbocycles. The van der Waals surface area contributed by atoms with Crippen LogP contribution in [0.4, 0.5) is 14.6 Å². The van der Waals surface area contributed by atoms with Gasteiger partial charge in [-0.2, -0.15) is 5.26 Å². The number of halogens is 2. The quantitative estimate of drug-likeness (QED) is 0.536. The van der Waals surface area contributed by atoms with E-state index in [2.05, 4.69) is 21.3 Å². The Balaban J connectivity index is 1.45. The smallest absolute Gasteiger partial charge is 0.130 e. The van der Waals surface area contributed by atoms with Gasteiger partial charge in [0.25, 0.3) is 0 Å². The van der Waals surface area contributed by atoms with Crippen LogP contribution in [0.1, 0.15) is 18.1 Å². The van der Waals surface area contributed by atoms with Crippen LogP contribution in [0.25, 0.3) is 5.57 Å². The van der Waals surface area contributed by atoms with E-state index in [1.807, 2.05) is 30.0 Å². The van der Waals surface area contributed by atoms with Crippen LogP contribution in [0.3, 0.4) is 0 Å². The predicted octanol–water partition coefficient (Wildman–Crippen LogP) is 4.00. The maximum Gasteiger partial charge on any atom is 0.130 e. The standard InChI is InChI=1S/C25H24F2N6/c1-17-11-20(25(31-14-17)19(12-28)13-29)18-5-6-24(30-15-18)33-9-7-32(8-10-33)16-21-22(26)3-2-4-23(21)27/h2-6,11-12,14-15,28,31H,7-10,16H2,1H3/b25-19+,28-12?. The molecule has 0 spiro atoms. The molecule has 2 N–H and O–H groups in total. The minimum atomic E-state index is -0.512. The molecular formula is C25H24F2N6. The van der Waals surface area contributed by atoms with Crippen molar-refractivity contribution < 1.29 is 8.78 Å². The predicted molar refractivity (Wildman–Crippen MR) is 124 cm³/mol. The van der Waals surface area contributed by atoms with Gasteiger partial charge in [0.15, 0.2) is 0 Å². The van der Waals surface area contributed by atoms with Gasteiger partial charge in [-0.25, -0.2) is 13.8 Å². The number of anilines is 1. The Kier molecular flexibility index (Phi) is 6.61.